The minimum atomic E-state index is -1.64. The van der Waals surface area contributed by atoms with Crippen LogP contribution in [0.25, 0.3) is 0 Å². The van der Waals surface area contributed by atoms with Gasteiger partial charge < -0.3 is 33.2 Å². The van der Waals surface area contributed by atoms with Crippen LogP contribution in [-0.4, -0.2) is 68.2 Å². The molecular weight excluding hydrogens is 1090 g/mol. The number of carbonyl (C=O) groups excluding carboxylic acids is 7. The fraction of sp³-hybridized carbons (Fsp3) is 0.471. The summed E-state index contributed by atoms with van der Waals surface area (Å²) < 4.78 is 41.0. The number of carbonyl (C=O) groups is 7. The maximum absolute atomic E-state index is 14.0. The second-order valence-corrected chi connectivity index (χ2v) is 26.3. The Kier molecular flexibility index (Phi) is 24.5. The Morgan fingerprint density at radius 2 is 0.616 bits per heavy atom. The highest BCUT2D eigenvalue weighted by molar-refractivity contribution is 5.85. The molecule has 0 saturated heterocycles. The van der Waals surface area contributed by atoms with Crippen molar-refractivity contribution in [3.63, 3.8) is 0 Å². The van der Waals surface area contributed by atoms with E-state index in [0.29, 0.717) is 45.2 Å². The summed E-state index contributed by atoms with van der Waals surface area (Å²) in [5, 5.41) is 3.29. The fourth-order valence-electron chi connectivity index (χ4n) is 9.63. The van der Waals surface area contributed by atoms with Crippen LogP contribution in [0.2, 0.25) is 0 Å². The molecule has 4 rings (SSSR count). The summed E-state index contributed by atoms with van der Waals surface area (Å²) in [4.78, 5) is 105. The fourth-order valence-corrected chi connectivity index (χ4v) is 9.63. The molecule has 464 valence electrons. The zero-order chi connectivity index (χ0) is 64.7. The first-order valence-corrected chi connectivity index (χ1v) is 29.0. The van der Waals surface area contributed by atoms with Crippen LogP contribution < -0.4 is 14.2 Å². The first-order chi connectivity index (χ1) is 39.9. The lowest BCUT2D eigenvalue weighted by molar-refractivity contribution is -0.170. The van der Waals surface area contributed by atoms with Crippen molar-refractivity contribution in [3.05, 3.63) is 158 Å². The van der Waals surface area contributed by atoms with Gasteiger partial charge in [0.15, 0.2) is 0 Å². The van der Waals surface area contributed by atoms with Crippen molar-refractivity contribution in [3.8, 4) is 17.2 Å². The van der Waals surface area contributed by atoms with Gasteiger partial charge in [0.05, 0.1) is 0 Å². The summed E-state index contributed by atoms with van der Waals surface area (Å²) in [6, 6.07) is 14.8. The predicted molar refractivity (Wildman–Crippen MR) is 332 cm³/mol. The summed E-state index contributed by atoms with van der Waals surface area (Å²) in [6.45, 7) is 39.4. The van der Waals surface area contributed by atoms with E-state index in [1.165, 1.54) is 0 Å². The summed E-state index contributed by atoms with van der Waals surface area (Å²) in [5.41, 5.74) is 5.58. The van der Waals surface area contributed by atoms with Gasteiger partial charge in [0.1, 0.15) is 54.8 Å². The lowest BCUT2D eigenvalue weighted by Crippen LogP contribution is -2.44. The number of esters is 7. The molecule has 0 radical (unpaired) electrons. The van der Waals surface area contributed by atoms with Crippen LogP contribution in [0.3, 0.4) is 0 Å². The maximum Gasteiger partial charge on any atom is 0.335 e. The van der Waals surface area contributed by atoms with Crippen LogP contribution in [0, 0.1) is 38.0 Å². The van der Waals surface area contributed by atoms with Gasteiger partial charge in [-0.25, -0.2) is 14.4 Å². The summed E-state index contributed by atoms with van der Waals surface area (Å²) in [7, 11) is 0. The molecule has 0 heterocycles. The summed E-state index contributed by atoms with van der Waals surface area (Å²) in [6.07, 6.45) is 3.65. The quantitative estimate of drug-likeness (QED) is 0.0178. The Hall–Kier alpha value is -8.01. The third kappa shape index (κ3) is 20.6. The largest absolute Gasteiger partial charge is 0.465 e. The van der Waals surface area contributed by atoms with Gasteiger partial charge in [0.25, 0.3) is 0 Å². The molecule has 16 nitrogen and oxygen atoms in total. The van der Waals surface area contributed by atoms with Crippen LogP contribution in [0.5, 0.6) is 17.2 Å². The van der Waals surface area contributed by atoms with Gasteiger partial charge in [-0.05, 0) is 130 Å². The van der Waals surface area contributed by atoms with Gasteiger partial charge in [-0.15, -0.1) is 4.91 Å². The Morgan fingerprint density at radius 1 is 0.384 bits per heavy atom. The van der Waals surface area contributed by atoms with E-state index in [1.807, 2.05) is 126 Å². The van der Waals surface area contributed by atoms with Crippen molar-refractivity contribution in [2.24, 2.45) is 10.6 Å². The van der Waals surface area contributed by atoms with E-state index in [4.69, 9.17) is 33.2 Å². The third-order valence-electron chi connectivity index (χ3n) is 14.4. The average molecular weight is 1180 g/mol. The number of rotatable bonds is 27. The molecule has 0 aliphatic heterocycles. The number of benzene rings is 4. The molecule has 0 amide bonds. The van der Waals surface area contributed by atoms with Crippen LogP contribution in [0.1, 0.15) is 176 Å². The average Bonchev–Trinajstić information content (AvgIpc) is 1.92. The second kappa shape index (κ2) is 29.9. The molecule has 86 heavy (non-hydrogen) atoms. The van der Waals surface area contributed by atoms with Crippen molar-refractivity contribution in [1.82, 2.24) is 0 Å². The summed E-state index contributed by atoms with van der Waals surface area (Å²) >= 11 is 0. The van der Waals surface area contributed by atoms with Gasteiger partial charge in [0, 0.05) is 60.6 Å². The van der Waals surface area contributed by atoms with E-state index in [-0.39, 0.29) is 51.4 Å². The number of nitroso groups, excluding NO2 is 1. The van der Waals surface area contributed by atoms with Crippen molar-refractivity contribution in [2.75, 3.05) is 26.4 Å². The summed E-state index contributed by atoms with van der Waals surface area (Å²) in [5.74, 6) is -3.25. The van der Waals surface area contributed by atoms with Gasteiger partial charge in [-0.1, -0.05) is 151 Å². The van der Waals surface area contributed by atoms with E-state index in [2.05, 4.69) is 24.9 Å². The molecule has 4 aromatic rings. The maximum atomic E-state index is 14.0. The Morgan fingerprint density at radius 3 is 0.837 bits per heavy atom. The molecular formula is C70H89NO15. The van der Waals surface area contributed by atoms with E-state index in [9.17, 15) is 38.5 Å². The molecule has 4 aromatic carbocycles. The third-order valence-corrected chi connectivity index (χ3v) is 14.4. The highest BCUT2D eigenvalue weighted by Crippen LogP contribution is 2.40. The molecule has 0 fully saturated rings. The molecule has 16 heteroatoms. The Bertz CT molecular complexity index is 2960. The molecule has 0 unspecified atom stereocenters. The molecule has 0 aliphatic carbocycles. The minimum absolute atomic E-state index is 0.114. The van der Waals surface area contributed by atoms with Gasteiger partial charge >= 0.3 is 41.8 Å². The SMILES string of the molecule is C=CC(=O)Oc1c(C)cc(CCC(=O)OCC(COC(=O)CCc2cc(C)c(N=O)c(C(C)(C)C)c2)(COC(=O)CCc2cc(C)c(OC(=O)C=C)c(C(C)(C)C)c2)COC(=O)CCc2cc(C)c(OC(=O)C=C)c(C(C)(C)C)c2)cc1C(C)(C)C. The first-order valence-electron chi connectivity index (χ1n) is 29.0. The zero-order valence-electron chi connectivity index (χ0n) is 53.5. The highest BCUT2D eigenvalue weighted by atomic mass is 16.6. The van der Waals surface area contributed by atoms with Gasteiger partial charge in [-0.3, -0.25) is 19.2 Å². The van der Waals surface area contributed by atoms with E-state index in [0.717, 1.165) is 62.7 Å². The molecule has 0 atom stereocenters. The van der Waals surface area contributed by atoms with Crippen molar-refractivity contribution in [2.45, 2.75) is 184 Å². The molecule has 0 spiro atoms. The lowest BCUT2D eigenvalue weighted by atomic mass is 9.83. The van der Waals surface area contributed by atoms with Crippen LogP contribution in [-0.2, 0) is 99.9 Å². The number of nitrogens with zero attached hydrogens (tertiary/aromatic N) is 1. The van der Waals surface area contributed by atoms with E-state index >= 15 is 0 Å². The number of aryl methyl sites for hydroxylation is 8. The predicted octanol–water partition coefficient (Wildman–Crippen LogP) is 13.8. The van der Waals surface area contributed by atoms with Crippen LogP contribution >= 0.6 is 0 Å². The molecule has 0 aliphatic rings. The smallest absolute Gasteiger partial charge is 0.335 e. The Balaban J connectivity index is 1.73. The monoisotopic (exact) mass is 1180 g/mol. The molecule has 0 saturated carbocycles. The zero-order valence-corrected chi connectivity index (χ0v) is 53.5. The molecule has 0 aromatic heterocycles. The van der Waals surface area contributed by atoms with Crippen LogP contribution in [0.4, 0.5) is 5.69 Å². The van der Waals surface area contributed by atoms with Gasteiger partial charge in [-0.2, -0.15) is 0 Å². The van der Waals surface area contributed by atoms with Crippen molar-refractivity contribution >= 4 is 47.5 Å². The highest BCUT2D eigenvalue weighted by Gasteiger charge is 2.39. The molecule has 0 N–H and O–H groups in total. The first kappa shape index (κ1) is 70.5. The number of hydrogen-bond acceptors (Lipinski definition) is 16. The van der Waals surface area contributed by atoms with E-state index < -0.39 is 95.3 Å². The standard InChI is InChI=1S/C70H89NO15/c1-20-55(72)84-63-44(5)32-48(36-52(63)67(11,12)13)24-28-59(76)81-40-70(39-80-58(75)27-23-47-31-43(4)62(71-79)51(35-47)66(8,9)10,41-82-60(77)29-25-49-33-45(6)64(85-56(73)21-2)53(37-49)68(14,15)16)42-83-61(78)30-26-50-34-46(7)65(86-57(74)22-3)54(38-50)69(17,18)19/h20-22,31-38H,1-3,23-30,39-42H2,4-19H3. The number of hydrogen-bond donors (Lipinski definition) is 0. The minimum Gasteiger partial charge on any atom is -0.465 e. The van der Waals surface area contributed by atoms with Crippen molar-refractivity contribution in [1.29, 1.82) is 0 Å². The number of ether oxygens (including phenoxy) is 7. The van der Waals surface area contributed by atoms with Crippen molar-refractivity contribution < 1.29 is 66.7 Å². The van der Waals surface area contributed by atoms with Crippen LogP contribution in [0.15, 0.2) is 91.7 Å². The normalized spacial score (nSPS) is 11.9. The topological polar surface area (TPSA) is 214 Å². The Labute approximate surface area is 508 Å². The van der Waals surface area contributed by atoms with E-state index in [1.54, 1.807) is 33.8 Å². The second-order valence-electron chi connectivity index (χ2n) is 26.3. The van der Waals surface area contributed by atoms with Gasteiger partial charge in [0.2, 0.25) is 0 Å². The molecule has 0 bridgehead atoms. The lowest BCUT2D eigenvalue weighted by Gasteiger charge is -2.31.